The van der Waals surface area contributed by atoms with E-state index in [0.717, 1.165) is 30.3 Å². The van der Waals surface area contributed by atoms with Crippen LogP contribution in [0.1, 0.15) is 32.1 Å². The van der Waals surface area contributed by atoms with Crippen molar-refractivity contribution in [1.29, 1.82) is 0 Å². The van der Waals surface area contributed by atoms with Crippen LogP contribution >= 0.6 is 11.6 Å². The first-order chi connectivity index (χ1) is 12.0. The highest BCUT2D eigenvalue weighted by atomic mass is 35.5. The third-order valence-corrected chi connectivity index (χ3v) is 4.66. The Balaban J connectivity index is 1.77. The number of halogens is 1. The topological polar surface area (TPSA) is 73.1 Å². The smallest absolute Gasteiger partial charge is 0.320 e. The maximum absolute atomic E-state index is 12.3. The molecule has 0 unspecified atom stereocenters. The molecule has 1 fully saturated rings. The highest BCUT2D eigenvalue weighted by molar-refractivity contribution is 6.30. The number of nitrogens with zero attached hydrogens (tertiary/aromatic N) is 2. The van der Waals surface area contributed by atoms with Crippen molar-refractivity contribution in [2.24, 2.45) is 0 Å². The van der Waals surface area contributed by atoms with Crippen LogP contribution in [0.3, 0.4) is 0 Å². The first kappa shape index (κ1) is 17.5. The van der Waals surface area contributed by atoms with Gasteiger partial charge in [-0.25, -0.2) is 0 Å². The molecule has 0 aliphatic heterocycles. The summed E-state index contributed by atoms with van der Waals surface area (Å²) in [6, 6.07) is 6.85. The van der Waals surface area contributed by atoms with Crippen LogP contribution in [0.4, 0.5) is 0 Å². The largest absolute Gasteiger partial charge is 0.352 e. The standard InChI is InChI=1S/C18H20ClN3O3/c19-13-5-4-8-15(11-13)22-10-9-21(17(24)18(22)25)12-16(23)20-14-6-2-1-3-7-14/h4-5,8-11,14H,1-3,6-7,12H2,(H,20,23). The molecule has 1 aliphatic carbocycles. The maximum Gasteiger partial charge on any atom is 0.320 e. The Hall–Kier alpha value is -2.34. The fourth-order valence-corrected chi connectivity index (χ4v) is 3.32. The van der Waals surface area contributed by atoms with Gasteiger partial charge in [-0.05, 0) is 31.0 Å². The van der Waals surface area contributed by atoms with E-state index < -0.39 is 11.1 Å². The van der Waals surface area contributed by atoms with Gasteiger partial charge in [0.05, 0.1) is 5.69 Å². The van der Waals surface area contributed by atoms with E-state index in [1.54, 1.807) is 24.3 Å². The van der Waals surface area contributed by atoms with Crippen LogP contribution < -0.4 is 16.4 Å². The van der Waals surface area contributed by atoms with Crippen molar-refractivity contribution in [1.82, 2.24) is 14.5 Å². The SMILES string of the molecule is O=C(Cn1ccn(-c2cccc(Cl)c2)c(=O)c1=O)NC1CCCCC1. The summed E-state index contributed by atoms with van der Waals surface area (Å²) in [5, 5.41) is 3.42. The summed E-state index contributed by atoms with van der Waals surface area (Å²) >= 11 is 5.93. The normalized spacial score (nSPS) is 15.1. The molecule has 1 aromatic carbocycles. The lowest BCUT2D eigenvalue weighted by Crippen LogP contribution is -2.44. The van der Waals surface area contributed by atoms with E-state index in [-0.39, 0.29) is 18.5 Å². The Morgan fingerprint density at radius 2 is 1.88 bits per heavy atom. The summed E-state index contributed by atoms with van der Waals surface area (Å²) in [5.41, 5.74) is -0.940. The Labute approximate surface area is 150 Å². The van der Waals surface area contributed by atoms with Crippen LogP contribution in [-0.4, -0.2) is 21.1 Å². The number of rotatable bonds is 4. The molecule has 1 saturated carbocycles. The molecule has 1 N–H and O–H groups in total. The molecule has 0 bridgehead atoms. The summed E-state index contributed by atoms with van der Waals surface area (Å²) in [7, 11) is 0. The van der Waals surface area contributed by atoms with Crippen molar-refractivity contribution in [3.05, 3.63) is 62.4 Å². The zero-order valence-corrected chi connectivity index (χ0v) is 14.5. The fraction of sp³-hybridized carbons (Fsp3) is 0.389. The van der Waals surface area contributed by atoms with Crippen molar-refractivity contribution in [3.8, 4) is 5.69 Å². The van der Waals surface area contributed by atoms with E-state index in [1.165, 1.54) is 23.4 Å². The van der Waals surface area contributed by atoms with E-state index in [4.69, 9.17) is 11.6 Å². The summed E-state index contributed by atoms with van der Waals surface area (Å²) in [5.74, 6) is -0.242. The van der Waals surface area contributed by atoms with Crippen LogP contribution in [0, 0.1) is 0 Å². The van der Waals surface area contributed by atoms with Gasteiger partial charge in [-0.15, -0.1) is 0 Å². The predicted octanol–water partition coefficient (Wildman–Crippen LogP) is 2.10. The molecule has 132 valence electrons. The monoisotopic (exact) mass is 361 g/mol. The summed E-state index contributed by atoms with van der Waals surface area (Å²) < 4.78 is 2.37. The number of hydrogen-bond donors (Lipinski definition) is 1. The quantitative estimate of drug-likeness (QED) is 0.847. The Morgan fingerprint density at radius 3 is 2.60 bits per heavy atom. The van der Waals surface area contributed by atoms with Gasteiger partial charge < -0.3 is 5.32 Å². The van der Waals surface area contributed by atoms with Gasteiger partial charge in [0, 0.05) is 23.5 Å². The molecule has 1 heterocycles. The zero-order chi connectivity index (χ0) is 17.8. The second-order valence-electron chi connectivity index (χ2n) is 6.29. The van der Waals surface area contributed by atoms with Gasteiger partial charge in [0.1, 0.15) is 6.54 Å². The van der Waals surface area contributed by atoms with Gasteiger partial charge in [-0.1, -0.05) is 36.9 Å². The molecule has 0 saturated heterocycles. The molecule has 7 heteroatoms. The fourth-order valence-electron chi connectivity index (χ4n) is 3.14. The average molecular weight is 362 g/mol. The van der Waals surface area contributed by atoms with Gasteiger partial charge in [-0.2, -0.15) is 0 Å². The summed E-state index contributed by atoms with van der Waals surface area (Å²) in [4.78, 5) is 36.8. The van der Waals surface area contributed by atoms with E-state index in [1.807, 2.05) is 0 Å². The zero-order valence-electron chi connectivity index (χ0n) is 13.8. The number of amides is 1. The molecule has 1 amide bonds. The van der Waals surface area contributed by atoms with Crippen molar-refractivity contribution < 1.29 is 4.79 Å². The van der Waals surface area contributed by atoms with Gasteiger partial charge in [0.2, 0.25) is 5.91 Å². The van der Waals surface area contributed by atoms with Crippen molar-refractivity contribution >= 4 is 17.5 Å². The molecular weight excluding hydrogens is 342 g/mol. The van der Waals surface area contributed by atoms with Crippen LogP contribution in [0.5, 0.6) is 0 Å². The van der Waals surface area contributed by atoms with Crippen LogP contribution in [0.2, 0.25) is 5.02 Å². The van der Waals surface area contributed by atoms with Gasteiger partial charge >= 0.3 is 11.1 Å². The van der Waals surface area contributed by atoms with Crippen molar-refractivity contribution in [2.45, 2.75) is 44.7 Å². The van der Waals surface area contributed by atoms with Crippen molar-refractivity contribution in [3.63, 3.8) is 0 Å². The Morgan fingerprint density at radius 1 is 1.12 bits per heavy atom. The number of nitrogens with one attached hydrogen (secondary N) is 1. The Bertz CT molecular complexity index is 882. The third kappa shape index (κ3) is 4.20. The molecule has 0 atom stereocenters. The second-order valence-corrected chi connectivity index (χ2v) is 6.73. The number of hydrogen-bond acceptors (Lipinski definition) is 3. The van der Waals surface area contributed by atoms with Crippen molar-refractivity contribution in [2.75, 3.05) is 0 Å². The number of carbonyl (C=O) groups is 1. The van der Waals surface area contributed by atoms with E-state index in [2.05, 4.69) is 5.32 Å². The third-order valence-electron chi connectivity index (χ3n) is 4.43. The van der Waals surface area contributed by atoms with Crippen LogP contribution in [0.25, 0.3) is 5.69 Å². The minimum atomic E-state index is -0.735. The second kappa shape index (κ2) is 7.70. The van der Waals surface area contributed by atoms with Gasteiger partial charge in [0.25, 0.3) is 0 Å². The average Bonchev–Trinajstić information content (AvgIpc) is 2.60. The highest BCUT2D eigenvalue weighted by Gasteiger charge is 2.16. The van der Waals surface area contributed by atoms with Crippen LogP contribution in [-0.2, 0) is 11.3 Å². The molecule has 1 aromatic heterocycles. The molecule has 1 aliphatic rings. The van der Waals surface area contributed by atoms with Gasteiger partial charge in [0.15, 0.2) is 0 Å². The van der Waals surface area contributed by atoms with E-state index in [9.17, 15) is 14.4 Å². The molecular formula is C18H20ClN3O3. The molecule has 0 radical (unpaired) electrons. The highest BCUT2D eigenvalue weighted by Crippen LogP contribution is 2.17. The minimum absolute atomic E-state index is 0.152. The number of aromatic nitrogens is 2. The predicted molar refractivity (Wildman–Crippen MR) is 96.3 cm³/mol. The first-order valence-electron chi connectivity index (χ1n) is 8.42. The molecule has 2 aromatic rings. The van der Waals surface area contributed by atoms with Crippen LogP contribution in [0.15, 0.2) is 46.2 Å². The molecule has 3 rings (SSSR count). The first-order valence-corrected chi connectivity index (χ1v) is 8.80. The van der Waals surface area contributed by atoms with E-state index >= 15 is 0 Å². The lowest BCUT2D eigenvalue weighted by Gasteiger charge is -2.22. The van der Waals surface area contributed by atoms with Gasteiger partial charge in [-0.3, -0.25) is 23.5 Å². The Kier molecular flexibility index (Phi) is 5.38. The lowest BCUT2D eigenvalue weighted by atomic mass is 9.95. The molecule has 0 spiro atoms. The minimum Gasteiger partial charge on any atom is -0.352 e. The number of benzene rings is 1. The number of carbonyl (C=O) groups excluding carboxylic acids is 1. The molecule has 6 nitrogen and oxygen atoms in total. The maximum atomic E-state index is 12.3. The van der Waals surface area contributed by atoms with E-state index in [0.29, 0.717) is 10.7 Å². The lowest BCUT2D eigenvalue weighted by molar-refractivity contribution is -0.122. The summed E-state index contributed by atoms with van der Waals surface area (Å²) in [6.45, 7) is -0.152. The molecule has 25 heavy (non-hydrogen) atoms. The summed E-state index contributed by atoms with van der Waals surface area (Å²) in [6.07, 6.45) is 8.29.